The minimum absolute atomic E-state index is 0.200. The summed E-state index contributed by atoms with van der Waals surface area (Å²) >= 11 is 0. The molecule has 3 rings (SSSR count). The van der Waals surface area contributed by atoms with E-state index in [0.717, 1.165) is 6.07 Å². The molecule has 0 fully saturated rings. The second-order valence-electron chi connectivity index (χ2n) is 5.74. The van der Waals surface area contributed by atoms with Crippen molar-refractivity contribution in [3.63, 3.8) is 0 Å². The Morgan fingerprint density at radius 3 is 2.22 bits per heavy atom. The van der Waals surface area contributed by atoms with Crippen LogP contribution in [0.5, 0.6) is 11.5 Å². The Kier molecular flexibility index (Phi) is 4.66. The number of aryl methyl sites for hydroxylation is 1. The molecule has 0 aliphatic carbocycles. The molecule has 27 heavy (non-hydrogen) atoms. The number of hydrogen-bond acceptors (Lipinski definition) is 6. The number of rotatable bonds is 5. The van der Waals surface area contributed by atoms with Crippen molar-refractivity contribution < 1.29 is 37.7 Å². The van der Waals surface area contributed by atoms with Crippen molar-refractivity contribution in [3.8, 4) is 11.5 Å². The zero-order chi connectivity index (χ0) is 19.8. The average Bonchev–Trinajstić information content (AvgIpc) is 2.60. The van der Waals surface area contributed by atoms with Gasteiger partial charge in [0, 0.05) is 12.1 Å². The molecule has 0 amide bonds. The molecule has 0 saturated carbocycles. The van der Waals surface area contributed by atoms with Crippen molar-refractivity contribution in [2.75, 3.05) is 17.9 Å². The fourth-order valence-corrected chi connectivity index (χ4v) is 3.91. The maximum absolute atomic E-state index is 12.8. The standard InChI is InChI=1S/C17H15NO8S/c1-9-2-3-10(16(19)20)6-15(9)27(23,24)18-12-8-14-13(25-4-5-26-14)7-11(12)17(21)22/h2-3,6-8,18H,4-5H2,1H3,(H,19,20)(H,21,22). The number of carboxylic acid groups (broad SMARTS) is 2. The maximum atomic E-state index is 12.8. The van der Waals surface area contributed by atoms with Crippen LogP contribution in [0.3, 0.4) is 0 Å². The molecule has 0 atom stereocenters. The van der Waals surface area contributed by atoms with Gasteiger partial charge in [0.1, 0.15) is 13.2 Å². The van der Waals surface area contributed by atoms with Crippen molar-refractivity contribution in [2.24, 2.45) is 0 Å². The van der Waals surface area contributed by atoms with Crippen LogP contribution in [-0.2, 0) is 10.0 Å². The molecule has 0 bridgehead atoms. The third-order valence-electron chi connectivity index (χ3n) is 3.88. The van der Waals surface area contributed by atoms with Gasteiger partial charge < -0.3 is 19.7 Å². The van der Waals surface area contributed by atoms with E-state index in [9.17, 15) is 23.1 Å². The molecule has 2 aromatic carbocycles. The second-order valence-corrected chi connectivity index (χ2v) is 7.39. The Morgan fingerprint density at radius 2 is 1.63 bits per heavy atom. The minimum Gasteiger partial charge on any atom is -0.486 e. The first-order chi connectivity index (χ1) is 12.7. The van der Waals surface area contributed by atoms with Crippen molar-refractivity contribution in [1.82, 2.24) is 0 Å². The van der Waals surface area contributed by atoms with Crippen LogP contribution in [-0.4, -0.2) is 43.8 Å². The third kappa shape index (κ3) is 3.65. The summed E-state index contributed by atoms with van der Waals surface area (Å²) in [5.74, 6) is -2.23. The Labute approximate surface area is 154 Å². The number of aromatic carboxylic acids is 2. The Bertz CT molecular complexity index is 1050. The third-order valence-corrected chi connectivity index (χ3v) is 5.39. The van der Waals surface area contributed by atoms with Crippen LogP contribution in [0.25, 0.3) is 0 Å². The number of fused-ring (bicyclic) bond motifs is 1. The molecule has 10 heteroatoms. The fourth-order valence-electron chi connectivity index (χ4n) is 2.57. The van der Waals surface area contributed by atoms with Gasteiger partial charge in [-0.1, -0.05) is 6.07 Å². The van der Waals surface area contributed by atoms with Gasteiger partial charge in [0.05, 0.1) is 21.7 Å². The molecule has 0 radical (unpaired) electrons. The highest BCUT2D eigenvalue weighted by atomic mass is 32.2. The molecule has 0 unspecified atom stereocenters. The number of benzene rings is 2. The number of sulfonamides is 1. The van der Waals surface area contributed by atoms with Crippen LogP contribution < -0.4 is 14.2 Å². The lowest BCUT2D eigenvalue weighted by atomic mass is 10.1. The van der Waals surface area contributed by atoms with Crippen molar-refractivity contribution >= 4 is 27.6 Å². The predicted molar refractivity (Wildman–Crippen MR) is 93.3 cm³/mol. The summed E-state index contributed by atoms with van der Waals surface area (Å²) in [5.41, 5.74) is -0.440. The molecular formula is C17H15NO8S. The largest absolute Gasteiger partial charge is 0.486 e. The normalized spacial score (nSPS) is 13.1. The highest BCUT2D eigenvalue weighted by Gasteiger charge is 2.25. The van der Waals surface area contributed by atoms with E-state index in [4.69, 9.17) is 14.6 Å². The van der Waals surface area contributed by atoms with E-state index >= 15 is 0 Å². The topological polar surface area (TPSA) is 139 Å². The van der Waals surface area contributed by atoms with E-state index in [1.54, 1.807) is 0 Å². The first kappa shape index (κ1) is 18.5. The predicted octanol–water partition coefficient (Wildman–Crippen LogP) is 1.96. The van der Waals surface area contributed by atoms with E-state index in [2.05, 4.69) is 4.72 Å². The van der Waals surface area contributed by atoms with E-state index in [0.29, 0.717) is 5.56 Å². The van der Waals surface area contributed by atoms with Gasteiger partial charge in [-0.3, -0.25) is 4.72 Å². The molecule has 0 saturated heterocycles. The van der Waals surface area contributed by atoms with Crippen molar-refractivity contribution in [1.29, 1.82) is 0 Å². The monoisotopic (exact) mass is 393 g/mol. The van der Waals surface area contributed by atoms with Gasteiger partial charge in [0.25, 0.3) is 10.0 Å². The Morgan fingerprint density at radius 1 is 1.00 bits per heavy atom. The quantitative estimate of drug-likeness (QED) is 0.700. The molecule has 3 N–H and O–H groups in total. The number of hydrogen-bond donors (Lipinski definition) is 3. The van der Waals surface area contributed by atoms with E-state index in [1.807, 2.05) is 0 Å². The van der Waals surface area contributed by atoms with E-state index < -0.39 is 22.0 Å². The summed E-state index contributed by atoms with van der Waals surface area (Å²) in [5, 5.41) is 18.5. The summed E-state index contributed by atoms with van der Waals surface area (Å²) in [4.78, 5) is 22.4. The molecule has 142 valence electrons. The Balaban J connectivity index is 2.07. The van der Waals surface area contributed by atoms with Crippen LogP contribution >= 0.6 is 0 Å². The smallest absolute Gasteiger partial charge is 0.337 e. The van der Waals surface area contributed by atoms with Gasteiger partial charge in [-0.15, -0.1) is 0 Å². The zero-order valence-corrected chi connectivity index (χ0v) is 14.9. The van der Waals surface area contributed by atoms with Crippen LogP contribution in [0, 0.1) is 6.92 Å². The summed E-state index contributed by atoms with van der Waals surface area (Å²) in [6, 6.07) is 6.06. The van der Waals surface area contributed by atoms with E-state index in [-0.39, 0.29) is 46.4 Å². The highest BCUT2D eigenvalue weighted by Crippen LogP contribution is 2.36. The van der Waals surface area contributed by atoms with Gasteiger partial charge in [-0.05, 0) is 24.6 Å². The number of carbonyl (C=O) groups is 2. The minimum atomic E-state index is -4.26. The molecule has 9 nitrogen and oxygen atoms in total. The number of carboxylic acids is 2. The second kappa shape index (κ2) is 6.80. The average molecular weight is 393 g/mol. The highest BCUT2D eigenvalue weighted by molar-refractivity contribution is 7.92. The van der Waals surface area contributed by atoms with Crippen molar-refractivity contribution in [2.45, 2.75) is 11.8 Å². The molecule has 0 spiro atoms. The van der Waals surface area contributed by atoms with Gasteiger partial charge in [-0.2, -0.15) is 0 Å². The molecule has 1 aliphatic heterocycles. The van der Waals surface area contributed by atoms with Crippen LogP contribution in [0.1, 0.15) is 26.3 Å². The fraction of sp³-hybridized carbons (Fsp3) is 0.176. The lowest BCUT2D eigenvalue weighted by Gasteiger charge is -2.21. The summed E-state index contributed by atoms with van der Waals surface area (Å²) < 4.78 is 38.4. The first-order valence-corrected chi connectivity index (χ1v) is 9.21. The SMILES string of the molecule is Cc1ccc(C(=O)O)cc1S(=O)(=O)Nc1cc2c(cc1C(=O)O)OCCO2. The van der Waals surface area contributed by atoms with Gasteiger partial charge >= 0.3 is 11.9 Å². The van der Waals surface area contributed by atoms with Crippen LogP contribution in [0.2, 0.25) is 0 Å². The van der Waals surface area contributed by atoms with Gasteiger partial charge in [-0.25, -0.2) is 18.0 Å². The van der Waals surface area contributed by atoms with Crippen LogP contribution in [0.15, 0.2) is 35.2 Å². The number of ether oxygens (including phenoxy) is 2. The molecule has 0 aromatic heterocycles. The summed E-state index contributed by atoms with van der Waals surface area (Å²) in [6.45, 7) is 1.99. The molecule has 1 aliphatic rings. The lowest BCUT2D eigenvalue weighted by Crippen LogP contribution is -2.20. The van der Waals surface area contributed by atoms with Gasteiger partial charge in [0.2, 0.25) is 0 Å². The Hall–Kier alpha value is -3.27. The van der Waals surface area contributed by atoms with Crippen LogP contribution in [0.4, 0.5) is 5.69 Å². The molecular weight excluding hydrogens is 378 g/mol. The number of nitrogens with one attached hydrogen (secondary N) is 1. The molecule has 2 aromatic rings. The number of anilines is 1. The molecule has 1 heterocycles. The maximum Gasteiger partial charge on any atom is 0.337 e. The first-order valence-electron chi connectivity index (χ1n) is 7.73. The summed E-state index contributed by atoms with van der Waals surface area (Å²) in [7, 11) is -4.26. The zero-order valence-electron chi connectivity index (χ0n) is 14.1. The van der Waals surface area contributed by atoms with E-state index in [1.165, 1.54) is 31.2 Å². The van der Waals surface area contributed by atoms with Crippen molar-refractivity contribution in [3.05, 3.63) is 47.0 Å². The van der Waals surface area contributed by atoms with Gasteiger partial charge in [0.15, 0.2) is 11.5 Å². The summed E-state index contributed by atoms with van der Waals surface area (Å²) in [6.07, 6.45) is 0. The lowest BCUT2D eigenvalue weighted by molar-refractivity contribution is 0.0686.